The van der Waals surface area contributed by atoms with E-state index in [1.807, 2.05) is 0 Å². The van der Waals surface area contributed by atoms with Crippen molar-refractivity contribution in [3.63, 3.8) is 0 Å². The Bertz CT molecular complexity index is 655. The molecule has 0 fully saturated rings. The average Bonchev–Trinajstić information content (AvgIpc) is 2.89. The first-order valence-corrected chi connectivity index (χ1v) is 15.1. The topological polar surface area (TPSA) is 52.6 Å². The van der Waals surface area contributed by atoms with Crippen molar-refractivity contribution in [1.82, 2.24) is 0 Å². The molecule has 0 saturated carbocycles. The second-order valence-electron chi connectivity index (χ2n) is 9.34. The summed E-state index contributed by atoms with van der Waals surface area (Å²) in [6, 6.07) is 0. The number of ether oxygens (including phenoxy) is 2. The fourth-order valence-electron chi connectivity index (χ4n) is 3.37. The zero-order chi connectivity index (χ0) is 28.4. The third-order valence-electron chi connectivity index (χ3n) is 5.48. The van der Waals surface area contributed by atoms with Gasteiger partial charge in [-0.15, -0.1) is 0 Å². The Hall–Kier alpha value is -2.36. The van der Waals surface area contributed by atoms with Gasteiger partial charge < -0.3 is 9.47 Å². The lowest BCUT2D eigenvalue weighted by molar-refractivity contribution is -0.142. The Morgan fingerprint density at radius 3 is 1.37 bits per heavy atom. The summed E-state index contributed by atoms with van der Waals surface area (Å²) in [5, 5.41) is 0. The van der Waals surface area contributed by atoms with Gasteiger partial charge in [0.05, 0.1) is 13.2 Å². The van der Waals surface area contributed by atoms with E-state index >= 15 is 0 Å². The summed E-state index contributed by atoms with van der Waals surface area (Å²) in [6.45, 7) is 8.35. The molecule has 0 heterocycles. The van der Waals surface area contributed by atoms with E-state index in [9.17, 15) is 9.59 Å². The number of rotatable bonds is 23. The lowest BCUT2D eigenvalue weighted by Gasteiger charge is -1.98. The zero-order valence-corrected chi connectivity index (χ0v) is 25.1. The highest BCUT2D eigenvalue weighted by Gasteiger charge is 1.91. The zero-order valence-electron chi connectivity index (χ0n) is 25.1. The molecular weight excluding hydrogens is 472 g/mol. The first kappa shape index (κ1) is 37.8. The number of esters is 2. The van der Waals surface area contributed by atoms with Gasteiger partial charge in [0.25, 0.3) is 0 Å². The molecule has 38 heavy (non-hydrogen) atoms. The van der Waals surface area contributed by atoms with E-state index in [0.29, 0.717) is 13.2 Å². The fourth-order valence-corrected chi connectivity index (χ4v) is 3.37. The summed E-state index contributed by atoms with van der Waals surface area (Å²) in [5.41, 5.74) is 0. The molecule has 0 aliphatic heterocycles. The van der Waals surface area contributed by atoms with Crippen LogP contribution in [0.4, 0.5) is 0 Å². The largest absolute Gasteiger partial charge is 0.466 e. The van der Waals surface area contributed by atoms with Gasteiger partial charge in [0, 0.05) is 13.8 Å². The summed E-state index contributed by atoms with van der Waals surface area (Å²) < 4.78 is 9.70. The Morgan fingerprint density at radius 1 is 0.474 bits per heavy atom. The van der Waals surface area contributed by atoms with Crippen LogP contribution in [0.3, 0.4) is 0 Å². The molecule has 4 nitrogen and oxygen atoms in total. The van der Waals surface area contributed by atoms with Gasteiger partial charge in [0.1, 0.15) is 0 Å². The van der Waals surface area contributed by atoms with E-state index in [4.69, 9.17) is 9.47 Å². The number of allylic oxidation sites excluding steroid dienone is 10. The van der Waals surface area contributed by atoms with Gasteiger partial charge in [-0.25, -0.2) is 0 Å². The van der Waals surface area contributed by atoms with Crippen molar-refractivity contribution in [1.29, 1.82) is 0 Å². The first-order valence-electron chi connectivity index (χ1n) is 15.1. The lowest BCUT2D eigenvalue weighted by atomic mass is 10.1. The van der Waals surface area contributed by atoms with Gasteiger partial charge in [0.15, 0.2) is 0 Å². The fraction of sp³-hybridized carbons (Fsp3) is 0.647. The van der Waals surface area contributed by atoms with Crippen LogP contribution in [-0.4, -0.2) is 25.2 Å². The van der Waals surface area contributed by atoms with E-state index in [0.717, 1.165) is 57.8 Å². The molecule has 4 heteroatoms. The van der Waals surface area contributed by atoms with Crippen LogP contribution in [-0.2, 0) is 19.1 Å². The van der Waals surface area contributed by atoms with Crippen molar-refractivity contribution >= 4 is 11.9 Å². The van der Waals surface area contributed by atoms with Crippen molar-refractivity contribution in [2.24, 2.45) is 0 Å². The summed E-state index contributed by atoms with van der Waals surface area (Å²) >= 11 is 0. The van der Waals surface area contributed by atoms with Crippen molar-refractivity contribution < 1.29 is 19.1 Å². The Labute approximate surface area is 235 Å². The smallest absolute Gasteiger partial charge is 0.302 e. The van der Waals surface area contributed by atoms with Gasteiger partial charge in [0.2, 0.25) is 0 Å². The summed E-state index contributed by atoms with van der Waals surface area (Å²) in [6.07, 6.45) is 40.6. The number of hydrogen-bond acceptors (Lipinski definition) is 4. The second kappa shape index (κ2) is 34.6. The molecule has 0 aromatic heterocycles. The standard InChI is InChI=1S/C19H34O2.C15H24O2/c1-3-4-5-6-7-8-9-10-11-12-13-14-15-16-17-18-21-19(2)20;1-3-4-5-6-7-8-9-10-11-12-13-14-17-15(2)16/h10-11,14-15H,3-9,12-13,16-18H2,1-2H3;4-5,7-8,10-11H,3,6,9,12-14H2,1-2H3/b11-10+,15-14+;5-4-,8-7-,11-10+. The van der Waals surface area contributed by atoms with Crippen molar-refractivity contribution in [2.75, 3.05) is 13.2 Å². The molecule has 0 rings (SSSR count). The molecule has 0 unspecified atom stereocenters. The summed E-state index contributed by atoms with van der Waals surface area (Å²) in [5.74, 6) is -0.383. The average molecular weight is 531 g/mol. The molecule has 0 aromatic carbocycles. The third-order valence-corrected chi connectivity index (χ3v) is 5.48. The number of unbranched alkanes of at least 4 members (excludes halogenated alkanes) is 9. The maximum Gasteiger partial charge on any atom is 0.302 e. The lowest BCUT2D eigenvalue weighted by Crippen LogP contribution is -1.99. The minimum absolute atomic E-state index is 0.186. The molecule has 0 amide bonds. The van der Waals surface area contributed by atoms with Crippen molar-refractivity contribution in [2.45, 2.75) is 130 Å². The Morgan fingerprint density at radius 2 is 0.868 bits per heavy atom. The van der Waals surface area contributed by atoms with E-state index in [1.54, 1.807) is 0 Å². The molecule has 0 spiro atoms. The van der Waals surface area contributed by atoms with Gasteiger partial charge in [-0.2, -0.15) is 0 Å². The number of carbonyl (C=O) groups excluding carboxylic acids is 2. The van der Waals surface area contributed by atoms with Crippen LogP contribution in [0.25, 0.3) is 0 Å². The molecule has 0 saturated heterocycles. The van der Waals surface area contributed by atoms with Crippen molar-refractivity contribution in [3.8, 4) is 0 Å². The van der Waals surface area contributed by atoms with Crippen LogP contribution in [0.15, 0.2) is 60.8 Å². The van der Waals surface area contributed by atoms with E-state index in [1.165, 1.54) is 58.8 Å². The van der Waals surface area contributed by atoms with Crippen LogP contribution < -0.4 is 0 Å². The Balaban J connectivity index is 0. The van der Waals surface area contributed by atoms with Crippen LogP contribution in [0.2, 0.25) is 0 Å². The molecule has 218 valence electrons. The van der Waals surface area contributed by atoms with E-state index in [2.05, 4.69) is 74.6 Å². The van der Waals surface area contributed by atoms with Crippen LogP contribution in [0.5, 0.6) is 0 Å². The molecular formula is C34H58O4. The van der Waals surface area contributed by atoms with Crippen molar-refractivity contribution in [3.05, 3.63) is 60.8 Å². The van der Waals surface area contributed by atoms with E-state index < -0.39 is 0 Å². The number of carbonyl (C=O) groups is 2. The predicted octanol–water partition coefficient (Wildman–Crippen LogP) is 10.2. The molecule has 0 aromatic rings. The maximum atomic E-state index is 10.5. The normalized spacial score (nSPS) is 11.7. The molecule has 0 aliphatic rings. The van der Waals surface area contributed by atoms with Gasteiger partial charge >= 0.3 is 11.9 Å². The minimum atomic E-state index is -0.197. The number of hydrogen-bond donors (Lipinski definition) is 0. The maximum absolute atomic E-state index is 10.5. The highest BCUT2D eigenvalue weighted by molar-refractivity contribution is 5.66. The summed E-state index contributed by atoms with van der Waals surface area (Å²) in [7, 11) is 0. The molecule has 0 atom stereocenters. The van der Waals surface area contributed by atoms with Gasteiger partial charge in [-0.1, -0.05) is 107 Å². The van der Waals surface area contributed by atoms with Gasteiger partial charge in [-0.3, -0.25) is 9.59 Å². The second-order valence-corrected chi connectivity index (χ2v) is 9.34. The van der Waals surface area contributed by atoms with Crippen LogP contribution in [0.1, 0.15) is 130 Å². The predicted molar refractivity (Wildman–Crippen MR) is 164 cm³/mol. The highest BCUT2D eigenvalue weighted by Crippen LogP contribution is 2.07. The quantitative estimate of drug-likeness (QED) is 0.0749. The first-order chi connectivity index (χ1) is 18.5. The van der Waals surface area contributed by atoms with Gasteiger partial charge in [-0.05, 0) is 70.6 Å². The molecule has 0 N–H and O–H groups in total. The van der Waals surface area contributed by atoms with Crippen LogP contribution in [0, 0.1) is 0 Å². The van der Waals surface area contributed by atoms with Crippen LogP contribution >= 0.6 is 0 Å². The molecule has 0 aliphatic carbocycles. The SMILES string of the molecule is CC/C=C\C/C=C\C/C=C/CCCOC(C)=O.CCCCCCCC/C=C/CC/C=C/CCCOC(C)=O. The molecule has 0 bridgehead atoms. The Kier molecular flexibility index (Phi) is 34.4. The summed E-state index contributed by atoms with van der Waals surface area (Å²) in [4.78, 5) is 21.0. The third kappa shape index (κ3) is 40.8. The monoisotopic (exact) mass is 530 g/mol. The minimum Gasteiger partial charge on any atom is -0.466 e. The van der Waals surface area contributed by atoms with E-state index in [-0.39, 0.29) is 11.9 Å². The highest BCUT2D eigenvalue weighted by atomic mass is 16.5. The molecule has 0 radical (unpaired) electrons.